The van der Waals surface area contributed by atoms with Crippen LogP contribution in [0.2, 0.25) is 0 Å². The largest absolute Gasteiger partial charge is 0.353 e. The van der Waals surface area contributed by atoms with Gasteiger partial charge in [-0.1, -0.05) is 54.4 Å². The van der Waals surface area contributed by atoms with E-state index in [1.807, 2.05) is 48.5 Å². The second kappa shape index (κ2) is 18.6. The number of ketones is 1. The monoisotopic (exact) mass is 290 g/mol. The van der Waals surface area contributed by atoms with Crippen LogP contribution in [0.3, 0.4) is 0 Å². The molecular weight excluding hydrogens is 252 g/mol. The average molecular weight is 290 g/mol. The molecule has 0 aliphatic heterocycles. The zero-order chi connectivity index (χ0) is 16.6. The number of hydrogen-bond acceptors (Lipinski definition) is 3. The summed E-state index contributed by atoms with van der Waals surface area (Å²) in [5.74, 6) is 0.759. The summed E-state index contributed by atoms with van der Waals surface area (Å²) in [6, 6.07) is 0. The van der Waals surface area contributed by atoms with E-state index in [9.17, 15) is 4.79 Å². The number of Topliss-reactive ketones (excluding diaryl/α,β-unsaturated/α-hetero) is 1. The minimum Gasteiger partial charge on any atom is -0.353 e. The third-order valence-corrected chi connectivity index (χ3v) is 2.44. The maximum absolute atomic E-state index is 10.8. The van der Waals surface area contributed by atoms with E-state index in [4.69, 9.17) is 9.47 Å². The van der Waals surface area contributed by atoms with E-state index in [1.165, 1.54) is 12.8 Å². The Hall–Kier alpha value is -0.410. The van der Waals surface area contributed by atoms with Crippen LogP contribution in [-0.4, -0.2) is 25.3 Å². The summed E-state index contributed by atoms with van der Waals surface area (Å²) >= 11 is 0. The lowest BCUT2D eigenvalue weighted by Crippen LogP contribution is -2.13. The lowest BCUT2D eigenvalue weighted by atomic mass is 9.99. The number of carbonyl (C=O) groups excluding carboxylic acids is 1. The van der Waals surface area contributed by atoms with Gasteiger partial charge in [-0.05, 0) is 20.8 Å². The van der Waals surface area contributed by atoms with E-state index in [2.05, 4.69) is 13.8 Å². The third kappa shape index (κ3) is 22.7. The summed E-state index contributed by atoms with van der Waals surface area (Å²) < 4.78 is 10.1. The highest BCUT2D eigenvalue weighted by Gasteiger charge is 2.09. The van der Waals surface area contributed by atoms with Crippen LogP contribution in [0.1, 0.15) is 75.2 Å². The molecule has 0 aromatic carbocycles. The van der Waals surface area contributed by atoms with Crippen LogP contribution in [0.15, 0.2) is 0 Å². The molecule has 0 atom stereocenters. The summed E-state index contributed by atoms with van der Waals surface area (Å²) in [6.45, 7) is 19.3. The molecule has 0 spiro atoms. The summed E-state index contributed by atoms with van der Waals surface area (Å²) in [4.78, 5) is 10.8. The zero-order valence-corrected chi connectivity index (χ0v) is 15.3. The van der Waals surface area contributed by atoms with Crippen molar-refractivity contribution in [3.63, 3.8) is 0 Å². The number of hydrogen-bond donors (Lipinski definition) is 0. The Morgan fingerprint density at radius 2 is 1.05 bits per heavy atom. The zero-order valence-electron chi connectivity index (χ0n) is 15.3. The molecule has 0 saturated heterocycles. The third-order valence-electron chi connectivity index (χ3n) is 2.44. The van der Waals surface area contributed by atoms with Crippen LogP contribution in [0.4, 0.5) is 0 Å². The molecule has 20 heavy (non-hydrogen) atoms. The van der Waals surface area contributed by atoms with Crippen LogP contribution >= 0.6 is 0 Å². The van der Waals surface area contributed by atoms with E-state index in [0.717, 1.165) is 13.2 Å². The molecule has 0 aromatic rings. The first kappa shape index (κ1) is 24.6. The van der Waals surface area contributed by atoms with Gasteiger partial charge >= 0.3 is 0 Å². The van der Waals surface area contributed by atoms with Gasteiger partial charge in [0.25, 0.3) is 0 Å². The van der Waals surface area contributed by atoms with Crippen molar-refractivity contribution in [1.82, 2.24) is 0 Å². The van der Waals surface area contributed by atoms with Crippen LogP contribution in [0.5, 0.6) is 0 Å². The fourth-order valence-corrected chi connectivity index (χ4v) is 1.18. The summed E-state index contributed by atoms with van der Waals surface area (Å²) in [6.07, 6.45) is 2.60. The Balaban J connectivity index is -0.000000230. The molecule has 3 nitrogen and oxygen atoms in total. The predicted octanol–water partition coefficient (Wildman–Crippen LogP) is 5.08. The first-order valence-electron chi connectivity index (χ1n) is 8.05. The summed E-state index contributed by atoms with van der Waals surface area (Å²) in [7, 11) is 0. The molecule has 0 aliphatic carbocycles. The number of rotatable bonds is 7. The first-order valence-corrected chi connectivity index (χ1v) is 8.05. The van der Waals surface area contributed by atoms with E-state index in [-0.39, 0.29) is 18.1 Å². The van der Waals surface area contributed by atoms with Crippen LogP contribution in [-0.2, 0) is 14.3 Å². The molecule has 0 N–H and O–H groups in total. The highest BCUT2D eigenvalue weighted by Crippen LogP contribution is 2.03. The maximum atomic E-state index is 10.8. The summed E-state index contributed by atoms with van der Waals surface area (Å²) in [5, 5.41) is 0. The Kier molecular flexibility index (Phi) is 22.9. The highest BCUT2D eigenvalue weighted by atomic mass is 16.7. The molecule has 0 aromatic heterocycles. The molecule has 3 heteroatoms. The molecular formula is C17H38O3. The molecule has 0 rings (SSSR count). The van der Waals surface area contributed by atoms with Gasteiger partial charge in [0.1, 0.15) is 5.78 Å². The van der Waals surface area contributed by atoms with Crippen molar-refractivity contribution in [3.8, 4) is 0 Å². The normalized spacial score (nSPS) is 10.0. The second-order valence-electron chi connectivity index (χ2n) is 5.19. The minimum absolute atomic E-state index is 0.0370. The van der Waals surface area contributed by atoms with Crippen molar-refractivity contribution < 1.29 is 14.3 Å². The Labute approximate surface area is 127 Å². The second-order valence-corrected chi connectivity index (χ2v) is 5.19. The van der Waals surface area contributed by atoms with Gasteiger partial charge in [-0.2, -0.15) is 0 Å². The lowest BCUT2D eigenvalue weighted by Gasteiger charge is -2.09. The van der Waals surface area contributed by atoms with Gasteiger partial charge in [0.15, 0.2) is 6.29 Å². The molecule has 0 amide bonds. The van der Waals surface area contributed by atoms with Crippen molar-refractivity contribution in [1.29, 1.82) is 0 Å². The molecule has 0 aliphatic rings. The predicted molar refractivity (Wildman–Crippen MR) is 88.0 cm³/mol. The van der Waals surface area contributed by atoms with Gasteiger partial charge in [-0.25, -0.2) is 0 Å². The van der Waals surface area contributed by atoms with Crippen molar-refractivity contribution in [2.24, 2.45) is 11.8 Å². The fourth-order valence-electron chi connectivity index (χ4n) is 1.18. The van der Waals surface area contributed by atoms with Crippen molar-refractivity contribution in [3.05, 3.63) is 0 Å². The first-order chi connectivity index (χ1) is 9.28. The quantitative estimate of drug-likeness (QED) is 0.613. The Morgan fingerprint density at radius 1 is 0.750 bits per heavy atom. The van der Waals surface area contributed by atoms with Gasteiger partial charge in [0.05, 0.1) is 0 Å². The molecule has 0 unspecified atom stereocenters. The maximum Gasteiger partial charge on any atom is 0.154 e. The fraction of sp³-hybridized carbons (Fsp3) is 0.941. The van der Waals surface area contributed by atoms with E-state index < -0.39 is 0 Å². The van der Waals surface area contributed by atoms with E-state index in [1.54, 1.807) is 0 Å². The molecule has 0 bridgehead atoms. The standard InChI is InChI=1S/C7H14O.C6H14O2.C4H10/c1-5(2)7(8)6(3)4;1-4-7-6(3)8-5-2;1-3-4-2/h5-6H,1-4H3;6H,4-5H2,1-3H3;3-4H2,1-2H3. The van der Waals surface area contributed by atoms with Crippen LogP contribution in [0.25, 0.3) is 0 Å². The number of carbonyl (C=O) groups is 1. The van der Waals surface area contributed by atoms with Crippen molar-refractivity contribution in [2.75, 3.05) is 13.2 Å². The molecule has 0 fully saturated rings. The van der Waals surface area contributed by atoms with E-state index >= 15 is 0 Å². The van der Waals surface area contributed by atoms with Gasteiger partial charge in [0, 0.05) is 25.0 Å². The topological polar surface area (TPSA) is 35.5 Å². The van der Waals surface area contributed by atoms with E-state index in [0.29, 0.717) is 5.78 Å². The summed E-state index contributed by atoms with van der Waals surface area (Å²) in [5.41, 5.74) is 0. The van der Waals surface area contributed by atoms with Crippen molar-refractivity contribution >= 4 is 5.78 Å². The minimum atomic E-state index is -0.0370. The average Bonchev–Trinajstić information content (AvgIpc) is 2.39. The Morgan fingerprint density at radius 3 is 1.15 bits per heavy atom. The Bertz CT molecular complexity index is 171. The van der Waals surface area contributed by atoms with Crippen LogP contribution in [0, 0.1) is 11.8 Å². The van der Waals surface area contributed by atoms with Gasteiger partial charge in [-0.3, -0.25) is 4.79 Å². The number of unbranched alkanes of at least 4 members (excludes halogenated alkanes) is 1. The lowest BCUT2D eigenvalue weighted by molar-refractivity contribution is -0.124. The van der Waals surface area contributed by atoms with Crippen molar-refractivity contribution in [2.45, 2.75) is 81.4 Å². The molecule has 0 saturated carbocycles. The van der Waals surface area contributed by atoms with Gasteiger partial charge < -0.3 is 9.47 Å². The van der Waals surface area contributed by atoms with Crippen LogP contribution < -0.4 is 0 Å². The highest BCUT2D eigenvalue weighted by molar-refractivity contribution is 5.81. The molecule has 0 radical (unpaired) electrons. The smallest absolute Gasteiger partial charge is 0.154 e. The van der Waals surface area contributed by atoms with Gasteiger partial charge in [0.2, 0.25) is 0 Å². The molecule has 0 heterocycles. The SMILES string of the molecule is CC(C)C(=O)C(C)C.CCCC.CCOC(C)OCC. The molecule has 124 valence electrons. The van der Waals surface area contributed by atoms with Gasteiger partial charge in [-0.15, -0.1) is 0 Å². The number of ether oxygens (including phenoxy) is 2.